The van der Waals surface area contributed by atoms with Gasteiger partial charge in [-0.2, -0.15) is 10.2 Å². The first kappa shape index (κ1) is 37.6. The van der Waals surface area contributed by atoms with E-state index in [4.69, 9.17) is 0 Å². The van der Waals surface area contributed by atoms with Gasteiger partial charge < -0.3 is 20.4 Å². The van der Waals surface area contributed by atoms with Crippen LogP contribution in [0.5, 0.6) is 23.3 Å². The molecule has 55 heavy (non-hydrogen) atoms. The number of hydrogen-bond donors (Lipinski definition) is 4. The van der Waals surface area contributed by atoms with Gasteiger partial charge in [0.25, 0.3) is 0 Å². The van der Waals surface area contributed by atoms with Crippen molar-refractivity contribution in [3.05, 3.63) is 181 Å². The van der Waals surface area contributed by atoms with E-state index in [1.807, 2.05) is 121 Å². The Bertz CT molecular complexity index is 2360. The third-order valence-electron chi connectivity index (χ3n) is 8.32. The number of aliphatic imine (C=N–C) groups is 2. The maximum Gasteiger partial charge on any atom is 0.223 e. The largest absolute Gasteiger partial charge is 0.506 e. The Kier molecular flexibility index (Phi) is 12.0. The van der Waals surface area contributed by atoms with Gasteiger partial charge in [-0.1, -0.05) is 121 Å². The van der Waals surface area contributed by atoms with Crippen LogP contribution in [0.4, 0.5) is 11.4 Å². The predicted molar refractivity (Wildman–Crippen MR) is 212 cm³/mol. The summed E-state index contributed by atoms with van der Waals surface area (Å²) in [6, 6.07) is 51.6. The quantitative estimate of drug-likeness (QED) is 0.114. The molecule has 0 saturated heterocycles. The third-order valence-corrected chi connectivity index (χ3v) is 8.32. The average molecular weight is 763 g/mol. The van der Waals surface area contributed by atoms with E-state index in [0.717, 1.165) is 22.5 Å². The Morgan fingerprint density at radius 3 is 1.05 bits per heavy atom. The van der Waals surface area contributed by atoms with Gasteiger partial charge in [-0.3, -0.25) is 9.98 Å². The van der Waals surface area contributed by atoms with Crippen molar-refractivity contribution in [3.8, 4) is 57.1 Å². The van der Waals surface area contributed by atoms with E-state index >= 15 is 0 Å². The summed E-state index contributed by atoms with van der Waals surface area (Å²) in [6.07, 6.45) is 3.05. The van der Waals surface area contributed by atoms with E-state index in [-0.39, 0.29) is 40.6 Å². The Labute approximate surface area is 328 Å². The Morgan fingerprint density at radius 2 is 0.709 bits per heavy atom. The molecule has 2 heterocycles. The maximum absolute atomic E-state index is 10.8. The predicted octanol–water partition coefficient (Wildman–Crippen LogP) is 9.40. The number of benzene rings is 6. The van der Waals surface area contributed by atoms with E-state index in [1.54, 1.807) is 48.5 Å². The number of nitrogens with zero attached hydrogens (tertiary/aromatic N) is 6. The van der Waals surface area contributed by atoms with Crippen molar-refractivity contribution < 1.29 is 37.8 Å². The fraction of sp³-hybridized carbons (Fsp3) is 0. The Balaban J connectivity index is 0.000000184. The van der Waals surface area contributed by atoms with Gasteiger partial charge in [0.2, 0.25) is 11.8 Å². The molecule has 10 nitrogen and oxygen atoms in total. The van der Waals surface area contributed by atoms with Gasteiger partial charge in [-0.05, 0) is 48.5 Å². The molecule has 4 N–H and O–H groups in total. The number of aromatic hydroxyl groups is 4. The molecule has 0 aliphatic carbocycles. The van der Waals surface area contributed by atoms with Crippen LogP contribution in [0.25, 0.3) is 33.9 Å². The summed E-state index contributed by atoms with van der Waals surface area (Å²) in [7, 11) is 0. The van der Waals surface area contributed by atoms with Crippen molar-refractivity contribution in [2.24, 2.45) is 9.98 Å². The van der Waals surface area contributed by atoms with Gasteiger partial charge in [0.15, 0.2) is 0 Å². The molecule has 270 valence electrons. The van der Waals surface area contributed by atoms with E-state index in [0.29, 0.717) is 33.9 Å². The van der Waals surface area contributed by atoms with Crippen molar-refractivity contribution >= 4 is 23.8 Å². The molecule has 0 unspecified atom stereocenters. The fourth-order valence-corrected chi connectivity index (χ4v) is 5.61. The summed E-state index contributed by atoms with van der Waals surface area (Å²) in [5.41, 5.74) is 6.23. The summed E-state index contributed by atoms with van der Waals surface area (Å²) >= 11 is 0. The second-order valence-corrected chi connectivity index (χ2v) is 11.9. The second kappa shape index (κ2) is 17.6. The zero-order valence-corrected chi connectivity index (χ0v) is 30.5. The number of phenols is 2. The van der Waals surface area contributed by atoms with Crippen LogP contribution in [-0.4, -0.2) is 52.4 Å². The third kappa shape index (κ3) is 8.56. The molecule has 0 radical (unpaired) electrons. The van der Waals surface area contributed by atoms with E-state index in [9.17, 15) is 20.4 Å². The Hall–Kier alpha value is -7.19. The molecule has 0 amide bonds. The van der Waals surface area contributed by atoms with Crippen LogP contribution in [0.15, 0.2) is 180 Å². The number of aromatic nitrogens is 4. The molecule has 0 aliphatic rings. The van der Waals surface area contributed by atoms with Crippen LogP contribution < -0.4 is 0 Å². The second-order valence-electron chi connectivity index (χ2n) is 11.9. The van der Waals surface area contributed by atoms with Gasteiger partial charge in [-0.25, -0.2) is 9.36 Å². The topological polar surface area (TPSA) is 141 Å². The zero-order chi connectivity index (χ0) is 37.3. The monoisotopic (exact) mass is 762 g/mol. The van der Waals surface area contributed by atoms with Crippen molar-refractivity contribution in [2.75, 3.05) is 0 Å². The van der Waals surface area contributed by atoms with Crippen LogP contribution in [0.2, 0.25) is 0 Å². The fourth-order valence-electron chi connectivity index (χ4n) is 5.61. The summed E-state index contributed by atoms with van der Waals surface area (Å²) in [5.74, 6) is 0.119. The van der Waals surface area contributed by atoms with Crippen LogP contribution in [0, 0.1) is 0 Å². The summed E-state index contributed by atoms with van der Waals surface area (Å²) in [4.78, 5) is 8.68. The van der Waals surface area contributed by atoms with Crippen molar-refractivity contribution in [2.45, 2.75) is 0 Å². The summed E-state index contributed by atoms with van der Waals surface area (Å²) in [5, 5.41) is 50.7. The molecule has 6 aromatic carbocycles. The number of hydrogen-bond acceptors (Lipinski definition) is 8. The van der Waals surface area contributed by atoms with Gasteiger partial charge in [0.1, 0.15) is 34.3 Å². The molecule has 8 aromatic rings. The summed E-state index contributed by atoms with van der Waals surface area (Å²) < 4.78 is 2.96. The molecule has 11 heteroatoms. The molecule has 0 aliphatic heterocycles. The number of para-hydroxylation sites is 6. The van der Waals surface area contributed by atoms with Gasteiger partial charge in [0, 0.05) is 40.9 Å². The van der Waals surface area contributed by atoms with Crippen molar-refractivity contribution in [3.63, 3.8) is 0 Å². The van der Waals surface area contributed by atoms with Gasteiger partial charge in [0.05, 0.1) is 22.5 Å². The van der Waals surface area contributed by atoms with Crippen LogP contribution in [-0.2, 0) is 17.4 Å². The molecule has 0 saturated carbocycles. The molecule has 0 spiro atoms. The van der Waals surface area contributed by atoms with Gasteiger partial charge in [-0.15, -0.1) is 0 Å². The minimum atomic E-state index is -0.0146. The molecule has 2 aromatic heterocycles. The van der Waals surface area contributed by atoms with Crippen LogP contribution in [0.1, 0.15) is 11.1 Å². The molecule has 8 rings (SSSR count). The minimum absolute atomic E-state index is 0. The number of rotatable bonds is 8. The van der Waals surface area contributed by atoms with Crippen molar-refractivity contribution in [1.82, 2.24) is 19.6 Å². The first-order valence-electron chi connectivity index (χ1n) is 17.0. The molecule has 0 bridgehead atoms. The smallest absolute Gasteiger partial charge is 0.223 e. The molecule has 0 fully saturated rings. The SMILES string of the molecule is Oc1ccccc1N=Cc1c(-c2ccccc2)nn(-c2ccccc2)c1O.Oc1ccccc1N=Cc1c(-c2ccccc2)nn(-c2ccccc2)c1O.[Cr]. The van der Waals surface area contributed by atoms with Crippen LogP contribution >= 0.6 is 0 Å². The molecule has 0 atom stereocenters. The van der Waals surface area contributed by atoms with Gasteiger partial charge >= 0.3 is 0 Å². The normalized spacial score (nSPS) is 10.9. The van der Waals surface area contributed by atoms with Crippen LogP contribution in [0.3, 0.4) is 0 Å². The first-order valence-corrected chi connectivity index (χ1v) is 17.0. The minimum Gasteiger partial charge on any atom is -0.506 e. The summed E-state index contributed by atoms with van der Waals surface area (Å²) in [6.45, 7) is 0. The average Bonchev–Trinajstić information content (AvgIpc) is 3.74. The molecular weight excluding hydrogens is 729 g/mol. The van der Waals surface area contributed by atoms with Crippen molar-refractivity contribution in [1.29, 1.82) is 0 Å². The standard InChI is InChI=1S/2C22H17N3O2.Cr/c2*26-20-14-8-7-13-19(20)23-15-18-21(16-9-3-1-4-10-16)24-25(22(18)27)17-11-5-2-6-12-17;/h2*1-15,26-27H;. The number of phenolic OH excluding ortho intramolecular Hbond substituents is 2. The zero-order valence-electron chi connectivity index (χ0n) is 29.2. The van der Waals surface area contributed by atoms with E-state index in [2.05, 4.69) is 20.2 Å². The van der Waals surface area contributed by atoms with E-state index < -0.39 is 0 Å². The maximum atomic E-state index is 10.8. The van der Waals surface area contributed by atoms with E-state index in [1.165, 1.54) is 21.8 Å². The Morgan fingerprint density at radius 1 is 0.400 bits per heavy atom. The first-order chi connectivity index (χ1) is 26.5. The molecular formula is C44H34CrN6O4.